The molecule has 0 saturated heterocycles. The maximum Gasteiger partial charge on any atom is 0.341 e. The van der Waals surface area contributed by atoms with Gasteiger partial charge < -0.3 is 15.2 Å². The van der Waals surface area contributed by atoms with Crippen LogP contribution >= 0.6 is 0 Å². The Morgan fingerprint density at radius 2 is 1.67 bits per heavy atom. The Morgan fingerprint density at radius 3 is 2.38 bits per heavy atom. The lowest BCUT2D eigenvalue weighted by Gasteiger charge is -2.10. The second kappa shape index (κ2) is 7.09. The summed E-state index contributed by atoms with van der Waals surface area (Å²) in [4.78, 5) is 22.7. The first-order chi connectivity index (χ1) is 10.2. The van der Waals surface area contributed by atoms with E-state index in [0.717, 1.165) is 5.56 Å². The highest BCUT2D eigenvalue weighted by molar-refractivity contribution is 5.96. The molecule has 108 valence electrons. The Morgan fingerprint density at radius 1 is 1.00 bits per heavy atom. The maximum atomic E-state index is 12.1. The molecule has 0 radical (unpaired) electrons. The fourth-order valence-electron chi connectivity index (χ4n) is 1.79. The third-order valence-electron chi connectivity index (χ3n) is 2.78. The molecule has 21 heavy (non-hydrogen) atoms. The average molecular weight is 285 g/mol. The highest BCUT2D eigenvalue weighted by atomic mass is 16.5. The van der Waals surface area contributed by atoms with Crippen LogP contribution in [0.1, 0.15) is 15.9 Å². The smallest absolute Gasteiger partial charge is 0.341 e. The standard InChI is InChI=1S/C16H15NO4/c18-15(19)11-21-14-9-5-4-8-13(14)16(20)17-10-12-6-2-1-3-7-12/h1-9H,10-11H2,(H,17,20)(H,18,19). The van der Waals surface area contributed by atoms with E-state index in [1.165, 1.54) is 0 Å². The minimum absolute atomic E-state index is 0.255. The van der Waals surface area contributed by atoms with Gasteiger partial charge in [0.25, 0.3) is 5.91 Å². The van der Waals surface area contributed by atoms with E-state index >= 15 is 0 Å². The fourth-order valence-corrected chi connectivity index (χ4v) is 1.79. The number of hydrogen-bond donors (Lipinski definition) is 2. The number of carboxylic acids is 1. The zero-order valence-electron chi connectivity index (χ0n) is 11.3. The normalized spacial score (nSPS) is 9.90. The minimum Gasteiger partial charge on any atom is -0.481 e. The summed E-state index contributed by atoms with van der Waals surface area (Å²) in [6, 6.07) is 16.1. The van der Waals surface area contributed by atoms with E-state index in [2.05, 4.69) is 5.32 Å². The van der Waals surface area contributed by atoms with Crippen molar-refractivity contribution in [1.82, 2.24) is 5.32 Å². The van der Waals surface area contributed by atoms with Gasteiger partial charge in [0.05, 0.1) is 5.56 Å². The number of nitrogens with one attached hydrogen (secondary N) is 1. The van der Waals surface area contributed by atoms with E-state index < -0.39 is 12.6 Å². The molecular weight excluding hydrogens is 270 g/mol. The topological polar surface area (TPSA) is 75.6 Å². The predicted molar refractivity (Wildman–Crippen MR) is 77.2 cm³/mol. The number of carboxylic acid groups (broad SMARTS) is 1. The number of ether oxygens (including phenoxy) is 1. The molecule has 0 aliphatic carbocycles. The third-order valence-corrected chi connectivity index (χ3v) is 2.78. The van der Waals surface area contributed by atoms with Crippen molar-refractivity contribution in [2.24, 2.45) is 0 Å². The van der Waals surface area contributed by atoms with Crippen LogP contribution in [0.25, 0.3) is 0 Å². The molecule has 0 heterocycles. The molecule has 2 rings (SSSR count). The predicted octanol–water partition coefficient (Wildman–Crippen LogP) is 2.08. The van der Waals surface area contributed by atoms with Crippen LogP contribution in [0.5, 0.6) is 5.75 Å². The minimum atomic E-state index is -1.09. The molecule has 0 bridgehead atoms. The molecule has 0 fully saturated rings. The Bertz CT molecular complexity index is 625. The van der Waals surface area contributed by atoms with Gasteiger partial charge in [0.2, 0.25) is 0 Å². The summed E-state index contributed by atoms with van der Waals surface area (Å²) in [5.74, 6) is -1.14. The Balaban J connectivity index is 2.03. The lowest BCUT2D eigenvalue weighted by Crippen LogP contribution is -2.24. The van der Waals surface area contributed by atoms with Crippen LogP contribution in [-0.4, -0.2) is 23.6 Å². The monoisotopic (exact) mass is 285 g/mol. The lowest BCUT2D eigenvalue weighted by molar-refractivity contribution is -0.139. The van der Waals surface area contributed by atoms with Crippen LogP contribution in [-0.2, 0) is 11.3 Å². The summed E-state index contributed by atoms with van der Waals surface area (Å²) in [7, 11) is 0. The Hall–Kier alpha value is -2.82. The van der Waals surface area contributed by atoms with Gasteiger partial charge in [-0.05, 0) is 17.7 Å². The number of carbonyl (C=O) groups excluding carboxylic acids is 1. The van der Waals surface area contributed by atoms with Crippen LogP contribution < -0.4 is 10.1 Å². The molecular formula is C16H15NO4. The molecule has 0 aliphatic rings. The molecule has 0 unspecified atom stereocenters. The first-order valence-electron chi connectivity index (χ1n) is 6.42. The van der Waals surface area contributed by atoms with Crippen LogP contribution in [0.15, 0.2) is 54.6 Å². The van der Waals surface area contributed by atoms with E-state index in [1.54, 1.807) is 24.3 Å². The van der Waals surface area contributed by atoms with Crippen LogP contribution in [0.3, 0.4) is 0 Å². The highest BCUT2D eigenvalue weighted by Gasteiger charge is 2.12. The summed E-state index contributed by atoms with van der Waals surface area (Å²) in [6.45, 7) is -0.0874. The molecule has 0 atom stereocenters. The number of hydrogen-bond acceptors (Lipinski definition) is 3. The van der Waals surface area contributed by atoms with E-state index in [-0.39, 0.29) is 11.7 Å². The summed E-state index contributed by atoms with van der Waals surface area (Å²) >= 11 is 0. The molecule has 2 aromatic carbocycles. The Labute approximate surface area is 122 Å². The van der Waals surface area contributed by atoms with Crippen molar-refractivity contribution >= 4 is 11.9 Å². The van der Waals surface area contributed by atoms with Crippen molar-refractivity contribution < 1.29 is 19.4 Å². The van der Waals surface area contributed by atoms with E-state index in [0.29, 0.717) is 12.1 Å². The average Bonchev–Trinajstić information content (AvgIpc) is 2.52. The highest BCUT2D eigenvalue weighted by Crippen LogP contribution is 2.17. The van der Waals surface area contributed by atoms with Gasteiger partial charge in [-0.25, -0.2) is 4.79 Å². The summed E-state index contributed by atoms with van der Waals surface area (Å²) < 4.78 is 5.11. The van der Waals surface area contributed by atoms with Gasteiger partial charge in [-0.1, -0.05) is 42.5 Å². The number of benzene rings is 2. The number of rotatable bonds is 6. The van der Waals surface area contributed by atoms with Crippen molar-refractivity contribution in [3.63, 3.8) is 0 Å². The second-order valence-electron chi connectivity index (χ2n) is 4.35. The van der Waals surface area contributed by atoms with Crippen molar-refractivity contribution in [2.75, 3.05) is 6.61 Å². The molecule has 0 aliphatic heterocycles. The molecule has 0 saturated carbocycles. The first-order valence-corrected chi connectivity index (χ1v) is 6.42. The molecule has 2 N–H and O–H groups in total. The van der Waals surface area contributed by atoms with Gasteiger partial charge in [-0.3, -0.25) is 4.79 Å². The van der Waals surface area contributed by atoms with Crippen molar-refractivity contribution in [2.45, 2.75) is 6.54 Å². The fraction of sp³-hybridized carbons (Fsp3) is 0.125. The second-order valence-corrected chi connectivity index (χ2v) is 4.35. The van der Waals surface area contributed by atoms with Gasteiger partial charge in [-0.2, -0.15) is 0 Å². The molecule has 0 aromatic heterocycles. The zero-order valence-corrected chi connectivity index (χ0v) is 11.3. The number of para-hydroxylation sites is 1. The van der Waals surface area contributed by atoms with E-state index in [1.807, 2.05) is 30.3 Å². The van der Waals surface area contributed by atoms with E-state index in [9.17, 15) is 9.59 Å². The van der Waals surface area contributed by atoms with Crippen LogP contribution in [0, 0.1) is 0 Å². The van der Waals surface area contributed by atoms with Gasteiger partial charge >= 0.3 is 5.97 Å². The molecule has 2 aromatic rings. The number of amides is 1. The zero-order chi connectivity index (χ0) is 15.1. The molecule has 1 amide bonds. The molecule has 0 spiro atoms. The van der Waals surface area contributed by atoms with Crippen molar-refractivity contribution in [3.05, 3.63) is 65.7 Å². The van der Waals surface area contributed by atoms with Gasteiger partial charge in [0.15, 0.2) is 6.61 Å². The summed E-state index contributed by atoms with van der Waals surface area (Å²) in [5.41, 5.74) is 1.30. The number of aliphatic carboxylic acids is 1. The molecule has 5 nitrogen and oxygen atoms in total. The Kier molecular flexibility index (Phi) is 4.93. The number of carbonyl (C=O) groups is 2. The van der Waals surface area contributed by atoms with Crippen LogP contribution in [0.4, 0.5) is 0 Å². The van der Waals surface area contributed by atoms with Gasteiger partial charge in [0.1, 0.15) is 5.75 Å². The van der Waals surface area contributed by atoms with Crippen molar-refractivity contribution in [3.8, 4) is 5.75 Å². The third kappa shape index (κ3) is 4.35. The lowest BCUT2D eigenvalue weighted by atomic mass is 10.1. The SMILES string of the molecule is O=C(O)COc1ccccc1C(=O)NCc1ccccc1. The van der Waals surface area contributed by atoms with Gasteiger partial charge in [-0.15, -0.1) is 0 Å². The first kappa shape index (κ1) is 14.6. The largest absolute Gasteiger partial charge is 0.481 e. The van der Waals surface area contributed by atoms with Gasteiger partial charge in [0, 0.05) is 6.54 Å². The summed E-state index contributed by atoms with van der Waals surface area (Å²) in [5, 5.41) is 11.4. The summed E-state index contributed by atoms with van der Waals surface area (Å²) in [6.07, 6.45) is 0. The van der Waals surface area contributed by atoms with E-state index in [4.69, 9.17) is 9.84 Å². The van der Waals surface area contributed by atoms with Crippen LogP contribution in [0.2, 0.25) is 0 Å². The molecule has 5 heteroatoms. The maximum absolute atomic E-state index is 12.1. The quantitative estimate of drug-likeness (QED) is 0.852. The van der Waals surface area contributed by atoms with Crippen molar-refractivity contribution in [1.29, 1.82) is 0 Å².